The first-order chi connectivity index (χ1) is 11.5. The molecule has 0 aliphatic carbocycles. The normalized spacial score (nSPS) is 16.5. The van der Waals surface area contributed by atoms with Crippen molar-refractivity contribution in [1.82, 2.24) is 20.4 Å². The number of benzene rings is 1. The Hall–Kier alpha value is -1.79. The van der Waals surface area contributed by atoms with Crippen LogP contribution >= 0.6 is 11.6 Å². The maximum absolute atomic E-state index is 12.4. The Kier molecular flexibility index (Phi) is 6.87. The molecule has 1 atom stereocenters. The smallest absolute Gasteiger partial charge is 0.317 e. The van der Waals surface area contributed by atoms with Crippen LogP contribution in [0.25, 0.3) is 0 Å². The van der Waals surface area contributed by atoms with Gasteiger partial charge in [-0.25, -0.2) is 4.79 Å². The monoisotopic (exact) mass is 352 g/mol. The molecule has 0 spiro atoms. The Labute approximate surface area is 148 Å². The minimum atomic E-state index is -0.0804. The second kappa shape index (κ2) is 8.89. The van der Waals surface area contributed by atoms with Gasteiger partial charge in [0.15, 0.2) is 0 Å². The maximum atomic E-state index is 12.4. The number of carbonyl (C=O) groups excluding carboxylic acids is 2. The van der Waals surface area contributed by atoms with Crippen LogP contribution in [-0.4, -0.2) is 61.0 Å². The molecule has 1 aromatic rings. The van der Waals surface area contributed by atoms with Gasteiger partial charge in [-0.2, -0.15) is 0 Å². The fraction of sp³-hybridized carbons (Fsp3) is 0.529. The van der Waals surface area contributed by atoms with Gasteiger partial charge in [0, 0.05) is 37.7 Å². The van der Waals surface area contributed by atoms with Crippen LogP contribution in [0.3, 0.4) is 0 Å². The molecule has 2 rings (SSSR count). The van der Waals surface area contributed by atoms with E-state index >= 15 is 0 Å². The first-order valence-electron chi connectivity index (χ1n) is 8.29. The Bertz CT molecular complexity index is 556. The summed E-state index contributed by atoms with van der Waals surface area (Å²) < 4.78 is 0. The van der Waals surface area contributed by atoms with Crippen LogP contribution in [0.5, 0.6) is 0 Å². The molecular weight excluding hydrogens is 328 g/mol. The molecule has 1 unspecified atom stereocenters. The number of piperazine rings is 1. The highest BCUT2D eigenvalue weighted by atomic mass is 35.5. The fourth-order valence-corrected chi connectivity index (χ4v) is 2.80. The Balaban J connectivity index is 1.78. The van der Waals surface area contributed by atoms with Crippen LogP contribution in [0, 0.1) is 0 Å². The predicted molar refractivity (Wildman–Crippen MR) is 95.1 cm³/mol. The Morgan fingerprint density at radius 2 is 1.79 bits per heavy atom. The quantitative estimate of drug-likeness (QED) is 0.850. The van der Waals surface area contributed by atoms with Gasteiger partial charge in [-0.1, -0.05) is 23.7 Å². The third-order valence-electron chi connectivity index (χ3n) is 4.11. The van der Waals surface area contributed by atoms with E-state index in [0.717, 1.165) is 5.56 Å². The Morgan fingerprint density at radius 1 is 1.17 bits per heavy atom. The number of urea groups is 1. The standard InChI is InChI=1S/C17H25ClN4O2/c1-3-19-16(23)12-21-8-10-22(11-9-21)17(24)20-13(2)14-4-6-15(18)7-5-14/h4-7,13H,3,8-12H2,1-2H3,(H,19,23)(H,20,24). The van der Waals surface area contributed by atoms with Crippen LogP contribution in [-0.2, 0) is 4.79 Å². The molecule has 132 valence electrons. The molecule has 1 aliphatic rings. The van der Waals surface area contributed by atoms with Crippen molar-refractivity contribution in [2.75, 3.05) is 39.3 Å². The number of hydrogen-bond donors (Lipinski definition) is 2. The number of hydrogen-bond acceptors (Lipinski definition) is 3. The highest BCUT2D eigenvalue weighted by molar-refractivity contribution is 6.30. The topological polar surface area (TPSA) is 64.7 Å². The third kappa shape index (κ3) is 5.39. The zero-order chi connectivity index (χ0) is 17.5. The maximum Gasteiger partial charge on any atom is 0.317 e. The van der Waals surface area contributed by atoms with E-state index in [1.807, 2.05) is 38.1 Å². The van der Waals surface area contributed by atoms with E-state index in [1.165, 1.54) is 0 Å². The van der Waals surface area contributed by atoms with Crippen molar-refractivity contribution >= 4 is 23.5 Å². The van der Waals surface area contributed by atoms with Gasteiger partial charge in [-0.05, 0) is 31.5 Å². The minimum absolute atomic E-state index is 0.0340. The average molecular weight is 353 g/mol. The molecule has 7 heteroatoms. The third-order valence-corrected chi connectivity index (χ3v) is 4.36. The van der Waals surface area contributed by atoms with E-state index in [0.29, 0.717) is 44.3 Å². The number of rotatable bonds is 5. The summed E-state index contributed by atoms with van der Waals surface area (Å²) in [7, 11) is 0. The van der Waals surface area contributed by atoms with E-state index in [2.05, 4.69) is 15.5 Å². The summed E-state index contributed by atoms with van der Waals surface area (Å²) in [6.45, 7) is 7.56. The molecule has 1 aliphatic heterocycles. The summed E-state index contributed by atoms with van der Waals surface area (Å²) in [6, 6.07) is 7.31. The molecule has 0 radical (unpaired) electrons. The summed E-state index contributed by atoms with van der Waals surface area (Å²) in [5, 5.41) is 6.48. The molecule has 1 saturated heterocycles. The largest absolute Gasteiger partial charge is 0.355 e. The van der Waals surface area contributed by atoms with Gasteiger partial charge in [-0.3, -0.25) is 9.69 Å². The molecule has 1 heterocycles. The molecule has 1 fully saturated rings. The molecule has 0 bridgehead atoms. The van der Waals surface area contributed by atoms with Crippen molar-refractivity contribution in [3.8, 4) is 0 Å². The summed E-state index contributed by atoms with van der Waals surface area (Å²) in [4.78, 5) is 27.8. The van der Waals surface area contributed by atoms with Crippen LogP contribution in [0.2, 0.25) is 5.02 Å². The second-order valence-corrected chi connectivity index (χ2v) is 6.38. The molecule has 24 heavy (non-hydrogen) atoms. The highest BCUT2D eigenvalue weighted by Gasteiger charge is 2.23. The number of halogens is 1. The SMILES string of the molecule is CCNC(=O)CN1CCN(C(=O)NC(C)c2ccc(Cl)cc2)CC1. The number of nitrogens with zero attached hydrogens (tertiary/aromatic N) is 2. The zero-order valence-electron chi connectivity index (χ0n) is 14.2. The summed E-state index contributed by atoms with van der Waals surface area (Å²) in [5.41, 5.74) is 1.02. The molecule has 0 aromatic heterocycles. The van der Waals surface area contributed by atoms with Gasteiger partial charge < -0.3 is 15.5 Å². The molecule has 6 nitrogen and oxygen atoms in total. The van der Waals surface area contributed by atoms with Crippen molar-refractivity contribution in [3.05, 3.63) is 34.9 Å². The number of carbonyl (C=O) groups is 2. The second-order valence-electron chi connectivity index (χ2n) is 5.94. The van der Waals surface area contributed by atoms with Crippen molar-refractivity contribution < 1.29 is 9.59 Å². The van der Waals surface area contributed by atoms with Crippen molar-refractivity contribution in [1.29, 1.82) is 0 Å². The summed E-state index contributed by atoms with van der Waals surface area (Å²) in [6.07, 6.45) is 0. The first-order valence-corrected chi connectivity index (χ1v) is 8.67. The van der Waals surface area contributed by atoms with E-state index in [-0.39, 0.29) is 18.0 Å². The Morgan fingerprint density at radius 3 is 2.38 bits per heavy atom. The van der Waals surface area contributed by atoms with Crippen molar-refractivity contribution in [2.24, 2.45) is 0 Å². The highest BCUT2D eigenvalue weighted by Crippen LogP contribution is 2.16. The molecule has 1 aromatic carbocycles. The van der Waals surface area contributed by atoms with Gasteiger partial charge in [0.1, 0.15) is 0 Å². The zero-order valence-corrected chi connectivity index (χ0v) is 15.0. The van der Waals surface area contributed by atoms with E-state index < -0.39 is 0 Å². The lowest BCUT2D eigenvalue weighted by Gasteiger charge is -2.34. The van der Waals surface area contributed by atoms with Crippen LogP contribution < -0.4 is 10.6 Å². The summed E-state index contributed by atoms with van der Waals surface area (Å²) in [5.74, 6) is 0.0340. The average Bonchev–Trinajstić information content (AvgIpc) is 2.56. The lowest BCUT2D eigenvalue weighted by molar-refractivity contribution is -0.122. The van der Waals surface area contributed by atoms with Crippen LogP contribution in [0.1, 0.15) is 25.5 Å². The number of amides is 3. The summed E-state index contributed by atoms with van der Waals surface area (Å²) >= 11 is 5.88. The molecule has 0 saturated carbocycles. The van der Waals surface area contributed by atoms with Crippen LogP contribution in [0.15, 0.2) is 24.3 Å². The lowest BCUT2D eigenvalue weighted by atomic mass is 10.1. The fourth-order valence-electron chi connectivity index (χ4n) is 2.68. The minimum Gasteiger partial charge on any atom is -0.355 e. The van der Waals surface area contributed by atoms with E-state index in [9.17, 15) is 9.59 Å². The van der Waals surface area contributed by atoms with Gasteiger partial charge in [0.2, 0.25) is 5.91 Å². The van der Waals surface area contributed by atoms with Gasteiger partial charge >= 0.3 is 6.03 Å². The number of likely N-dealkylation sites (N-methyl/N-ethyl adjacent to an activating group) is 1. The molecule has 3 amide bonds. The first kappa shape index (κ1) is 18.5. The van der Waals surface area contributed by atoms with E-state index in [4.69, 9.17) is 11.6 Å². The predicted octanol–water partition coefficient (Wildman–Crippen LogP) is 1.86. The van der Waals surface area contributed by atoms with Gasteiger partial charge in [-0.15, -0.1) is 0 Å². The number of nitrogens with one attached hydrogen (secondary N) is 2. The molecule has 2 N–H and O–H groups in total. The van der Waals surface area contributed by atoms with Gasteiger partial charge in [0.05, 0.1) is 12.6 Å². The lowest BCUT2D eigenvalue weighted by Crippen LogP contribution is -2.53. The van der Waals surface area contributed by atoms with Crippen molar-refractivity contribution in [2.45, 2.75) is 19.9 Å². The van der Waals surface area contributed by atoms with Crippen LogP contribution in [0.4, 0.5) is 4.79 Å². The van der Waals surface area contributed by atoms with Crippen molar-refractivity contribution in [3.63, 3.8) is 0 Å². The van der Waals surface area contributed by atoms with E-state index in [1.54, 1.807) is 4.90 Å². The van der Waals surface area contributed by atoms with Gasteiger partial charge in [0.25, 0.3) is 0 Å². The molecular formula is C17H25ClN4O2.